The summed E-state index contributed by atoms with van der Waals surface area (Å²) in [5.41, 5.74) is 1.11. The van der Waals surface area contributed by atoms with Gasteiger partial charge in [-0.1, -0.05) is 5.16 Å². The number of aromatic nitrogens is 3. The third-order valence-corrected chi connectivity index (χ3v) is 4.35. The molecule has 1 N–H and O–H groups in total. The normalized spacial score (nSPS) is 23.6. The Morgan fingerprint density at radius 1 is 1.45 bits per heavy atom. The van der Waals surface area contributed by atoms with Crippen LogP contribution in [0.2, 0.25) is 0 Å². The summed E-state index contributed by atoms with van der Waals surface area (Å²) in [7, 11) is 0. The monoisotopic (exact) mass is 294 g/mol. The lowest BCUT2D eigenvalue weighted by atomic mass is 10.2. The van der Waals surface area contributed by atoms with Crippen molar-refractivity contribution < 1.29 is 9.63 Å². The Balaban J connectivity index is 1.67. The van der Waals surface area contributed by atoms with Crippen LogP contribution in [0.15, 0.2) is 9.90 Å². The zero-order chi connectivity index (χ0) is 14.1. The van der Waals surface area contributed by atoms with E-state index in [1.54, 1.807) is 18.3 Å². The molecular weight excluding hydrogens is 276 g/mol. The van der Waals surface area contributed by atoms with E-state index >= 15 is 0 Å². The van der Waals surface area contributed by atoms with Crippen LogP contribution < -0.4 is 0 Å². The molecule has 0 unspecified atom stereocenters. The van der Waals surface area contributed by atoms with Gasteiger partial charge in [-0.2, -0.15) is 4.98 Å². The van der Waals surface area contributed by atoms with E-state index in [1.165, 1.54) is 0 Å². The van der Waals surface area contributed by atoms with Gasteiger partial charge in [0, 0.05) is 24.9 Å². The maximum absolute atomic E-state index is 9.89. The van der Waals surface area contributed by atoms with Gasteiger partial charge in [-0.15, -0.1) is 11.3 Å². The van der Waals surface area contributed by atoms with Crippen molar-refractivity contribution in [3.8, 4) is 0 Å². The van der Waals surface area contributed by atoms with E-state index in [0.717, 1.165) is 23.7 Å². The maximum atomic E-state index is 9.89. The van der Waals surface area contributed by atoms with Gasteiger partial charge in [0.1, 0.15) is 0 Å². The first-order valence-corrected chi connectivity index (χ1v) is 7.63. The van der Waals surface area contributed by atoms with Gasteiger partial charge in [0.15, 0.2) is 5.82 Å². The molecule has 0 radical (unpaired) electrons. The lowest BCUT2D eigenvalue weighted by Crippen LogP contribution is -2.27. The van der Waals surface area contributed by atoms with Crippen LogP contribution in [0.5, 0.6) is 0 Å². The Morgan fingerprint density at radius 3 is 2.95 bits per heavy atom. The van der Waals surface area contributed by atoms with Crippen LogP contribution >= 0.6 is 11.3 Å². The molecule has 1 aliphatic heterocycles. The van der Waals surface area contributed by atoms with Crippen LogP contribution in [0.25, 0.3) is 0 Å². The van der Waals surface area contributed by atoms with E-state index in [4.69, 9.17) is 4.52 Å². The number of aryl methyl sites for hydroxylation is 2. The molecule has 0 spiro atoms. The fraction of sp³-hybridized carbons (Fsp3) is 0.615. The number of rotatable bonds is 4. The van der Waals surface area contributed by atoms with Crippen LogP contribution in [0.4, 0.5) is 0 Å². The molecule has 0 aliphatic carbocycles. The van der Waals surface area contributed by atoms with E-state index < -0.39 is 0 Å². The number of aliphatic hydroxyl groups is 1. The van der Waals surface area contributed by atoms with E-state index in [0.29, 0.717) is 24.7 Å². The standard InChI is InChI=1S/C13H18N4O2S/c1-8-14-13(19-16-8)12-5-11(18)6-17(12)4-3-10-7-20-9(2)15-10/h7,11-12,18H,3-6H2,1-2H3/t11-,12+/m0/s1. The van der Waals surface area contributed by atoms with Crippen LogP contribution in [0, 0.1) is 13.8 Å². The molecule has 0 amide bonds. The van der Waals surface area contributed by atoms with Gasteiger partial charge >= 0.3 is 0 Å². The number of nitrogens with zero attached hydrogens (tertiary/aromatic N) is 4. The predicted octanol–water partition coefficient (Wildman–Crippen LogP) is 1.49. The van der Waals surface area contributed by atoms with Gasteiger partial charge in [0.2, 0.25) is 5.89 Å². The summed E-state index contributed by atoms with van der Waals surface area (Å²) in [6.45, 7) is 5.31. The highest BCUT2D eigenvalue weighted by Crippen LogP contribution is 2.31. The average molecular weight is 294 g/mol. The van der Waals surface area contributed by atoms with Crippen molar-refractivity contribution in [3.05, 3.63) is 27.8 Å². The van der Waals surface area contributed by atoms with Gasteiger partial charge in [-0.3, -0.25) is 4.90 Å². The Bertz CT molecular complexity index is 582. The first-order valence-electron chi connectivity index (χ1n) is 6.75. The Kier molecular flexibility index (Phi) is 3.82. The number of hydrogen-bond donors (Lipinski definition) is 1. The molecule has 6 nitrogen and oxygen atoms in total. The van der Waals surface area contributed by atoms with Crippen molar-refractivity contribution in [3.63, 3.8) is 0 Å². The third-order valence-electron chi connectivity index (χ3n) is 3.53. The Morgan fingerprint density at radius 2 is 2.30 bits per heavy atom. The second-order valence-corrected chi connectivity index (χ2v) is 6.25. The average Bonchev–Trinajstić information content (AvgIpc) is 3.08. The summed E-state index contributed by atoms with van der Waals surface area (Å²) in [6.07, 6.45) is 1.20. The zero-order valence-corrected chi connectivity index (χ0v) is 12.4. The van der Waals surface area contributed by atoms with E-state index in [9.17, 15) is 5.11 Å². The summed E-state index contributed by atoms with van der Waals surface area (Å²) in [5, 5.41) is 16.9. The van der Waals surface area contributed by atoms with Crippen LogP contribution in [-0.4, -0.2) is 44.3 Å². The van der Waals surface area contributed by atoms with Gasteiger partial charge in [0.25, 0.3) is 0 Å². The molecule has 3 heterocycles. The molecule has 0 aromatic carbocycles. The molecule has 2 atom stereocenters. The fourth-order valence-electron chi connectivity index (χ4n) is 2.61. The lowest BCUT2D eigenvalue weighted by Gasteiger charge is -2.20. The SMILES string of the molecule is Cc1noc([C@H]2C[C@H](O)CN2CCc2csc(C)n2)n1. The highest BCUT2D eigenvalue weighted by Gasteiger charge is 2.35. The molecular formula is C13H18N4O2S. The summed E-state index contributed by atoms with van der Waals surface area (Å²) in [6, 6.07) is 0.0194. The van der Waals surface area contributed by atoms with Gasteiger partial charge in [-0.05, 0) is 20.3 Å². The molecule has 20 heavy (non-hydrogen) atoms. The number of likely N-dealkylation sites (tertiary alicyclic amines) is 1. The predicted molar refractivity (Wildman–Crippen MR) is 74.5 cm³/mol. The van der Waals surface area contributed by atoms with Crippen LogP contribution in [0.1, 0.15) is 34.9 Å². The minimum Gasteiger partial charge on any atom is -0.392 e. The Hall–Kier alpha value is -1.31. The molecule has 1 saturated heterocycles. The highest BCUT2D eigenvalue weighted by molar-refractivity contribution is 7.09. The summed E-state index contributed by atoms with van der Waals surface area (Å²) >= 11 is 1.67. The quantitative estimate of drug-likeness (QED) is 0.921. The minimum atomic E-state index is -0.329. The van der Waals surface area contributed by atoms with E-state index in [2.05, 4.69) is 25.4 Å². The molecule has 2 aromatic heterocycles. The number of β-amino-alcohol motifs (C(OH)–C–C–N with tert-alkyl or cyclic N) is 1. The molecule has 108 valence electrons. The molecule has 1 aliphatic rings. The second-order valence-electron chi connectivity index (χ2n) is 5.19. The fourth-order valence-corrected chi connectivity index (χ4v) is 3.26. The number of thiazole rings is 1. The highest BCUT2D eigenvalue weighted by atomic mass is 32.1. The molecule has 7 heteroatoms. The largest absolute Gasteiger partial charge is 0.392 e. The second kappa shape index (κ2) is 5.59. The van der Waals surface area contributed by atoms with E-state index in [-0.39, 0.29) is 12.1 Å². The third kappa shape index (κ3) is 2.89. The van der Waals surface area contributed by atoms with Crippen molar-refractivity contribution >= 4 is 11.3 Å². The van der Waals surface area contributed by atoms with Crippen LogP contribution in [0.3, 0.4) is 0 Å². The van der Waals surface area contributed by atoms with Crippen molar-refractivity contribution in [2.75, 3.05) is 13.1 Å². The smallest absolute Gasteiger partial charge is 0.244 e. The first kappa shape index (κ1) is 13.7. The molecule has 2 aromatic rings. The molecule has 3 rings (SSSR count). The van der Waals surface area contributed by atoms with Crippen LogP contribution in [-0.2, 0) is 6.42 Å². The lowest BCUT2D eigenvalue weighted by molar-refractivity contribution is 0.173. The first-order chi connectivity index (χ1) is 9.61. The molecule has 0 saturated carbocycles. The number of aliphatic hydroxyl groups excluding tert-OH is 1. The summed E-state index contributed by atoms with van der Waals surface area (Å²) in [5.74, 6) is 1.24. The van der Waals surface area contributed by atoms with Gasteiger partial charge < -0.3 is 9.63 Å². The van der Waals surface area contributed by atoms with Gasteiger partial charge in [0.05, 0.1) is 22.8 Å². The van der Waals surface area contributed by atoms with Crippen molar-refractivity contribution in [2.45, 2.75) is 38.8 Å². The van der Waals surface area contributed by atoms with Crippen molar-refractivity contribution in [1.29, 1.82) is 0 Å². The topological polar surface area (TPSA) is 75.3 Å². The summed E-state index contributed by atoms with van der Waals surface area (Å²) in [4.78, 5) is 11.0. The molecule has 1 fully saturated rings. The number of hydrogen-bond acceptors (Lipinski definition) is 7. The van der Waals surface area contributed by atoms with E-state index in [1.807, 2.05) is 6.92 Å². The summed E-state index contributed by atoms with van der Waals surface area (Å²) < 4.78 is 5.26. The minimum absolute atomic E-state index is 0.0194. The Labute approximate surface area is 121 Å². The molecule has 0 bridgehead atoms. The van der Waals surface area contributed by atoms with Crippen molar-refractivity contribution in [2.24, 2.45) is 0 Å². The maximum Gasteiger partial charge on any atom is 0.244 e. The zero-order valence-electron chi connectivity index (χ0n) is 11.6. The van der Waals surface area contributed by atoms with Crippen molar-refractivity contribution in [1.82, 2.24) is 20.0 Å². The van der Waals surface area contributed by atoms with Gasteiger partial charge in [-0.25, -0.2) is 4.98 Å².